The highest BCUT2D eigenvalue weighted by atomic mass is 35.5. The van der Waals surface area contributed by atoms with Crippen LogP contribution in [-0.2, 0) is 6.54 Å². The topological polar surface area (TPSA) is 72.7 Å². The fraction of sp³-hybridized carbons (Fsp3) is 0.125. The molecule has 4 rings (SSSR count). The van der Waals surface area contributed by atoms with Crippen LogP contribution in [0.5, 0.6) is 0 Å². The van der Waals surface area contributed by atoms with Crippen molar-refractivity contribution in [3.8, 4) is 22.8 Å². The monoisotopic (exact) mass is 343 g/mol. The predicted molar refractivity (Wildman–Crippen MR) is 86.0 cm³/mol. The Balaban J connectivity index is 1.78. The number of nitrogens with zero attached hydrogens (tertiary/aromatic N) is 4. The van der Waals surface area contributed by atoms with E-state index in [-0.39, 0.29) is 5.91 Å². The van der Waals surface area contributed by atoms with Gasteiger partial charge in [-0.25, -0.2) is 14.4 Å². The van der Waals surface area contributed by atoms with Crippen molar-refractivity contribution in [1.29, 1.82) is 0 Å². The molecule has 0 fully saturated rings. The first-order valence-electron chi connectivity index (χ1n) is 7.27. The zero-order valence-electron chi connectivity index (χ0n) is 12.3. The highest BCUT2D eigenvalue weighted by molar-refractivity contribution is 6.33. The molecule has 0 saturated carbocycles. The minimum absolute atomic E-state index is 0.164. The predicted octanol–water partition coefficient (Wildman–Crippen LogP) is 2.54. The molecule has 1 aliphatic heterocycles. The molecule has 0 aliphatic carbocycles. The average molecular weight is 344 g/mol. The quantitative estimate of drug-likeness (QED) is 0.776. The van der Waals surface area contributed by atoms with Crippen LogP contribution in [-0.4, -0.2) is 32.2 Å². The van der Waals surface area contributed by atoms with Crippen molar-refractivity contribution in [1.82, 2.24) is 25.1 Å². The Kier molecular flexibility index (Phi) is 3.50. The van der Waals surface area contributed by atoms with Crippen LogP contribution in [0.2, 0.25) is 5.02 Å². The molecule has 0 bridgehead atoms. The molecule has 0 atom stereocenters. The van der Waals surface area contributed by atoms with Crippen molar-refractivity contribution >= 4 is 17.5 Å². The van der Waals surface area contributed by atoms with Crippen LogP contribution in [0.15, 0.2) is 36.5 Å². The van der Waals surface area contributed by atoms with Crippen molar-refractivity contribution in [3.05, 3.63) is 53.1 Å². The van der Waals surface area contributed by atoms with Gasteiger partial charge in [-0.1, -0.05) is 11.6 Å². The van der Waals surface area contributed by atoms with E-state index in [0.29, 0.717) is 46.6 Å². The molecule has 3 heterocycles. The molecular weight excluding hydrogens is 333 g/mol. The zero-order valence-corrected chi connectivity index (χ0v) is 13.1. The van der Waals surface area contributed by atoms with Gasteiger partial charge < -0.3 is 5.32 Å². The summed E-state index contributed by atoms with van der Waals surface area (Å²) < 4.78 is 15.1. The molecule has 0 saturated heterocycles. The van der Waals surface area contributed by atoms with Crippen molar-refractivity contribution in [3.63, 3.8) is 0 Å². The van der Waals surface area contributed by atoms with Gasteiger partial charge in [0.1, 0.15) is 17.2 Å². The number of hydrogen-bond acceptors (Lipinski definition) is 4. The highest BCUT2D eigenvalue weighted by Crippen LogP contribution is 2.27. The Morgan fingerprint density at radius 1 is 1.21 bits per heavy atom. The Morgan fingerprint density at radius 3 is 2.92 bits per heavy atom. The van der Waals surface area contributed by atoms with E-state index in [9.17, 15) is 9.18 Å². The molecule has 24 heavy (non-hydrogen) atoms. The largest absolute Gasteiger partial charge is 0.349 e. The maximum atomic E-state index is 13.5. The van der Waals surface area contributed by atoms with E-state index in [1.807, 2.05) is 0 Å². The van der Waals surface area contributed by atoms with Crippen LogP contribution >= 0.6 is 11.6 Å². The first-order chi connectivity index (χ1) is 11.6. The summed E-state index contributed by atoms with van der Waals surface area (Å²) in [5, 5.41) is 7.53. The summed E-state index contributed by atoms with van der Waals surface area (Å²) in [7, 11) is 0. The lowest BCUT2D eigenvalue weighted by Gasteiger charge is -2.13. The maximum Gasteiger partial charge on any atom is 0.269 e. The van der Waals surface area contributed by atoms with E-state index in [2.05, 4.69) is 20.4 Å². The van der Waals surface area contributed by atoms with Gasteiger partial charge in [0.25, 0.3) is 5.91 Å². The van der Waals surface area contributed by atoms with Gasteiger partial charge >= 0.3 is 0 Å². The third kappa shape index (κ3) is 2.52. The SMILES string of the molecule is O=C1NCCn2nc(-c3ccnc(-c4cc(F)ccc4Cl)n3)cc21. The van der Waals surface area contributed by atoms with Crippen LogP contribution in [0.25, 0.3) is 22.8 Å². The molecule has 8 heteroatoms. The third-order valence-corrected chi connectivity index (χ3v) is 4.04. The van der Waals surface area contributed by atoms with E-state index < -0.39 is 5.82 Å². The van der Waals surface area contributed by atoms with Crippen LogP contribution in [0.4, 0.5) is 4.39 Å². The Hall–Kier alpha value is -2.80. The van der Waals surface area contributed by atoms with Gasteiger partial charge in [0.15, 0.2) is 5.82 Å². The van der Waals surface area contributed by atoms with Gasteiger partial charge in [-0.2, -0.15) is 5.10 Å². The second-order valence-electron chi connectivity index (χ2n) is 5.28. The number of hydrogen-bond donors (Lipinski definition) is 1. The Labute approximate surface area is 141 Å². The summed E-state index contributed by atoms with van der Waals surface area (Å²) in [6.07, 6.45) is 1.55. The summed E-state index contributed by atoms with van der Waals surface area (Å²) >= 11 is 6.11. The molecule has 1 aromatic carbocycles. The second kappa shape index (κ2) is 5.68. The molecule has 0 radical (unpaired) electrons. The average Bonchev–Trinajstić information content (AvgIpc) is 3.03. The van der Waals surface area contributed by atoms with Gasteiger partial charge in [0, 0.05) is 18.3 Å². The summed E-state index contributed by atoms with van der Waals surface area (Å²) in [5.74, 6) is -0.285. The molecule has 3 aromatic rings. The smallest absolute Gasteiger partial charge is 0.269 e. The fourth-order valence-corrected chi connectivity index (χ4v) is 2.76. The van der Waals surface area contributed by atoms with Gasteiger partial charge in [-0.15, -0.1) is 0 Å². The van der Waals surface area contributed by atoms with Gasteiger partial charge in [0.2, 0.25) is 0 Å². The number of halogens is 2. The van der Waals surface area contributed by atoms with E-state index in [4.69, 9.17) is 11.6 Å². The number of carbonyl (C=O) groups is 1. The van der Waals surface area contributed by atoms with Crippen molar-refractivity contribution in [2.75, 3.05) is 6.54 Å². The highest BCUT2D eigenvalue weighted by Gasteiger charge is 2.20. The number of nitrogens with one attached hydrogen (secondary N) is 1. The summed E-state index contributed by atoms with van der Waals surface area (Å²) in [4.78, 5) is 20.4. The minimum Gasteiger partial charge on any atom is -0.349 e. The molecule has 1 N–H and O–H groups in total. The minimum atomic E-state index is -0.419. The molecule has 2 aromatic heterocycles. The standard InChI is InChI=1S/C16H11ClFN5O/c17-11-2-1-9(18)7-10(11)15-19-4-3-12(21-15)13-8-14-16(24)20-5-6-23(14)22-13/h1-4,7-8H,5-6H2,(H,20,24). The molecule has 120 valence electrons. The van der Waals surface area contributed by atoms with E-state index in [1.54, 1.807) is 23.0 Å². The molecule has 0 spiro atoms. The Morgan fingerprint density at radius 2 is 2.08 bits per heavy atom. The number of carbonyl (C=O) groups excluding carboxylic acids is 1. The number of rotatable bonds is 2. The summed E-state index contributed by atoms with van der Waals surface area (Å²) in [5.41, 5.74) is 1.98. The van der Waals surface area contributed by atoms with Gasteiger partial charge in [-0.3, -0.25) is 9.48 Å². The second-order valence-corrected chi connectivity index (χ2v) is 5.69. The summed E-state index contributed by atoms with van der Waals surface area (Å²) in [6, 6.07) is 7.38. The third-order valence-electron chi connectivity index (χ3n) is 3.71. The summed E-state index contributed by atoms with van der Waals surface area (Å²) in [6.45, 7) is 1.15. The van der Waals surface area contributed by atoms with Crippen molar-refractivity contribution in [2.24, 2.45) is 0 Å². The van der Waals surface area contributed by atoms with Gasteiger partial charge in [-0.05, 0) is 30.3 Å². The Bertz CT molecular complexity index is 955. The number of benzene rings is 1. The fourth-order valence-electron chi connectivity index (χ4n) is 2.56. The molecule has 1 amide bonds. The normalized spacial score (nSPS) is 13.5. The van der Waals surface area contributed by atoms with Crippen LogP contribution in [0.3, 0.4) is 0 Å². The van der Waals surface area contributed by atoms with Crippen LogP contribution < -0.4 is 5.32 Å². The van der Waals surface area contributed by atoms with E-state index in [0.717, 1.165) is 0 Å². The zero-order chi connectivity index (χ0) is 16.7. The molecule has 6 nitrogen and oxygen atoms in total. The lowest BCUT2D eigenvalue weighted by molar-refractivity contribution is 0.0924. The molecular formula is C16H11ClFN5O. The van der Waals surface area contributed by atoms with Gasteiger partial charge in [0.05, 0.1) is 17.3 Å². The maximum absolute atomic E-state index is 13.5. The van der Waals surface area contributed by atoms with Crippen molar-refractivity contribution in [2.45, 2.75) is 6.54 Å². The van der Waals surface area contributed by atoms with Crippen LogP contribution in [0, 0.1) is 5.82 Å². The lowest BCUT2D eigenvalue weighted by atomic mass is 10.2. The number of aromatic nitrogens is 4. The van der Waals surface area contributed by atoms with Crippen LogP contribution in [0.1, 0.15) is 10.5 Å². The van der Waals surface area contributed by atoms with E-state index >= 15 is 0 Å². The molecule has 0 unspecified atom stereocenters. The van der Waals surface area contributed by atoms with Crippen molar-refractivity contribution < 1.29 is 9.18 Å². The lowest BCUT2D eigenvalue weighted by Crippen LogP contribution is -2.35. The number of fused-ring (bicyclic) bond motifs is 1. The first kappa shape index (κ1) is 14.8. The number of amides is 1. The molecule has 1 aliphatic rings. The van der Waals surface area contributed by atoms with E-state index in [1.165, 1.54) is 18.2 Å². The first-order valence-corrected chi connectivity index (χ1v) is 7.64.